The number of rotatable bonds is 4. The predicted octanol–water partition coefficient (Wildman–Crippen LogP) is 2.53. The molecule has 1 aliphatic carbocycles. The minimum absolute atomic E-state index is 0.0294. The van der Waals surface area contributed by atoms with Gasteiger partial charge in [0.25, 0.3) is 0 Å². The fraction of sp³-hybridized carbons (Fsp3) is 0.647. The second-order valence-corrected chi connectivity index (χ2v) is 6.84. The van der Waals surface area contributed by atoms with Gasteiger partial charge in [0.2, 0.25) is 0 Å². The second-order valence-electron chi connectivity index (χ2n) is 6.84. The summed E-state index contributed by atoms with van der Waals surface area (Å²) in [6.07, 6.45) is 3.20. The molecule has 4 atom stereocenters. The topological polar surface area (TPSA) is 39.7 Å². The van der Waals surface area contributed by atoms with E-state index in [-0.39, 0.29) is 18.1 Å². The molecule has 2 heterocycles. The van der Waals surface area contributed by atoms with Gasteiger partial charge in [0.05, 0.1) is 24.9 Å². The van der Waals surface area contributed by atoms with Crippen molar-refractivity contribution < 1.29 is 23.1 Å². The van der Waals surface area contributed by atoms with Gasteiger partial charge in [-0.1, -0.05) is 6.07 Å². The summed E-state index contributed by atoms with van der Waals surface area (Å²) in [7, 11) is 1.62. The molecule has 6 heteroatoms. The molecule has 2 saturated heterocycles. The van der Waals surface area contributed by atoms with Gasteiger partial charge in [-0.25, -0.2) is 8.78 Å². The summed E-state index contributed by atoms with van der Waals surface area (Å²) in [6.45, 7) is 0.751. The summed E-state index contributed by atoms with van der Waals surface area (Å²) < 4.78 is 39.0. The summed E-state index contributed by atoms with van der Waals surface area (Å²) in [4.78, 5) is 5.72. The molecule has 126 valence electrons. The molecule has 0 aromatic heterocycles. The fourth-order valence-electron chi connectivity index (χ4n) is 4.00. The fourth-order valence-corrected chi connectivity index (χ4v) is 4.00. The maximum Gasteiger partial charge on any atom is 0.131 e. The first-order chi connectivity index (χ1) is 11.1. The van der Waals surface area contributed by atoms with Crippen molar-refractivity contribution in [2.24, 2.45) is 11.8 Å². The number of nitrogens with one attached hydrogen (secondary N) is 1. The predicted molar refractivity (Wildman–Crippen MR) is 78.5 cm³/mol. The molecule has 0 amide bonds. The van der Waals surface area contributed by atoms with Crippen molar-refractivity contribution in [3.63, 3.8) is 0 Å². The van der Waals surface area contributed by atoms with E-state index in [1.54, 1.807) is 7.11 Å². The molecule has 3 aliphatic rings. The Morgan fingerprint density at radius 3 is 2.87 bits per heavy atom. The highest BCUT2D eigenvalue weighted by atomic mass is 19.1. The van der Waals surface area contributed by atoms with Crippen LogP contribution in [-0.2, 0) is 19.9 Å². The molecule has 1 aromatic rings. The summed E-state index contributed by atoms with van der Waals surface area (Å²) in [5.74, 6) is -0.520. The minimum atomic E-state index is -0.785. The minimum Gasteiger partial charge on any atom is -0.382 e. The number of methoxy groups -OCH3 is 1. The number of hydroxylamine groups is 1. The van der Waals surface area contributed by atoms with Gasteiger partial charge in [-0.15, -0.1) is 0 Å². The van der Waals surface area contributed by atoms with Crippen LogP contribution in [0.2, 0.25) is 0 Å². The third-order valence-corrected chi connectivity index (χ3v) is 5.38. The first-order valence-electron chi connectivity index (χ1n) is 8.13. The van der Waals surface area contributed by atoms with Crippen molar-refractivity contribution in [3.05, 3.63) is 35.4 Å². The monoisotopic (exact) mass is 325 g/mol. The van der Waals surface area contributed by atoms with Gasteiger partial charge in [0.1, 0.15) is 17.7 Å². The number of benzene rings is 1. The van der Waals surface area contributed by atoms with Crippen molar-refractivity contribution in [2.45, 2.75) is 37.0 Å². The molecule has 4 nitrogen and oxygen atoms in total. The summed E-state index contributed by atoms with van der Waals surface area (Å²) in [6, 6.07) is 3.69. The highest BCUT2D eigenvalue weighted by Crippen LogP contribution is 2.49. The highest BCUT2D eigenvalue weighted by molar-refractivity contribution is 5.30. The van der Waals surface area contributed by atoms with E-state index in [9.17, 15) is 8.78 Å². The molecule has 0 radical (unpaired) electrons. The van der Waals surface area contributed by atoms with Gasteiger partial charge in [0, 0.05) is 24.7 Å². The third-order valence-electron chi connectivity index (χ3n) is 5.38. The first-order valence-corrected chi connectivity index (χ1v) is 8.13. The molecule has 0 bridgehead atoms. The van der Waals surface area contributed by atoms with Crippen molar-refractivity contribution in [3.8, 4) is 0 Å². The molecule has 3 fully saturated rings. The Labute approximate surface area is 134 Å². The van der Waals surface area contributed by atoms with E-state index in [4.69, 9.17) is 14.3 Å². The lowest BCUT2D eigenvalue weighted by atomic mass is 9.72. The van der Waals surface area contributed by atoms with Crippen LogP contribution in [0, 0.1) is 23.5 Å². The summed E-state index contributed by atoms with van der Waals surface area (Å²) in [5.41, 5.74) is 2.61. The standard InChI is InChI=1S/C17H21F2NO3/c1-21-8-16-13-7-15(10-2-3-10)22-9-17(13,20-23-16)12-5-4-11(18)6-14(12)19/h4-6,10,13,15-16,20H,2-3,7-9H2,1H3/t13-,15+,16-,17+/m0/s1. The number of halogens is 2. The molecule has 1 saturated carbocycles. The van der Waals surface area contributed by atoms with E-state index in [1.807, 2.05) is 0 Å². The van der Waals surface area contributed by atoms with Gasteiger partial charge in [-0.2, -0.15) is 5.48 Å². The number of ether oxygens (including phenoxy) is 2. The zero-order valence-corrected chi connectivity index (χ0v) is 13.1. The maximum absolute atomic E-state index is 14.4. The van der Waals surface area contributed by atoms with E-state index in [0.29, 0.717) is 24.7 Å². The molecule has 23 heavy (non-hydrogen) atoms. The van der Waals surface area contributed by atoms with Crippen LogP contribution in [-0.4, -0.2) is 32.5 Å². The quantitative estimate of drug-likeness (QED) is 0.923. The van der Waals surface area contributed by atoms with Gasteiger partial charge >= 0.3 is 0 Å². The van der Waals surface area contributed by atoms with Crippen LogP contribution in [0.4, 0.5) is 8.78 Å². The van der Waals surface area contributed by atoms with Crippen LogP contribution >= 0.6 is 0 Å². The summed E-state index contributed by atoms with van der Waals surface area (Å²) >= 11 is 0. The molecule has 0 spiro atoms. The molecular weight excluding hydrogens is 304 g/mol. The molecule has 0 unspecified atom stereocenters. The van der Waals surface area contributed by atoms with Crippen LogP contribution in [0.5, 0.6) is 0 Å². The van der Waals surface area contributed by atoms with Crippen molar-refractivity contribution in [1.29, 1.82) is 0 Å². The van der Waals surface area contributed by atoms with Crippen molar-refractivity contribution >= 4 is 0 Å². The van der Waals surface area contributed by atoms with E-state index in [1.165, 1.54) is 25.0 Å². The van der Waals surface area contributed by atoms with Gasteiger partial charge in [-0.05, 0) is 31.2 Å². The lowest BCUT2D eigenvalue weighted by Gasteiger charge is -2.42. The van der Waals surface area contributed by atoms with E-state index >= 15 is 0 Å². The third kappa shape index (κ3) is 2.58. The van der Waals surface area contributed by atoms with Crippen molar-refractivity contribution in [1.82, 2.24) is 5.48 Å². The Kier molecular flexibility index (Phi) is 3.88. The van der Waals surface area contributed by atoms with E-state index in [0.717, 1.165) is 12.5 Å². The largest absolute Gasteiger partial charge is 0.382 e. The van der Waals surface area contributed by atoms with Gasteiger partial charge in [0.15, 0.2) is 0 Å². The Morgan fingerprint density at radius 2 is 2.17 bits per heavy atom. The zero-order chi connectivity index (χ0) is 16.0. The average molecular weight is 325 g/mol. The molecule has 4 rings (SSSR count). The van der Waals surface area contributed by atoms with Gasteiger partial charge < -0.3 is 9.47 Å². The number of hydrogen-bond acceptors (Lipinski definition) is 4. The molecule has 1 aromatic carbocycles. The first kappa shape index (κ1) is 15.4. The molecular formula is C17H21F2NO3. The molecule has 2 aliphatic heterocycles. The average Bonchev–Trinajstić information content (AvgIpc) is 3.31. The Hall–Kier alpha value is -1.08. The van der Waals surface area contributed by atoms with Crippen LogP contribution < -0.4 is 5.48 Å². The van der Waals surface area contributed by atoms with Crippen LogP contribution in [0.15, 0.2) is 18.2 Å². The number of fused-ring (bicyclic) bond motifs is 1. The second kappa shape index (κ2) is 5.77. The Bertz CT molecular complexity index is 595. The Balaban J connectivity index is 1.69. The van der Waals surface area contributed by atoms with Gasteiger partial charge in [-0.3, -0.25) is 4.84 Å². The number of hydrogen-bond donors (Lipinski definition) is 1. The van der Waals surface area contributed by atoms with E-state index in [2.05, 4.69) is 5.48 Å². The molecule has 1 N–H and O–H groups in total. The lowest BCUT2D eigenvalue weighted by Crippen LogP contribution is -2.53. The van der Waals surface area contributed by atoms with Crippen LogP contribution in [0.3, 0.4) is 0 Å². The van der Waals surface area contributed by atoms with E-state index < -0.39 is 17.2 Å². The highest BCUT2D eigenvalue weighted by Gasteiger charge is 2.57. The zero-order valence-electron chi connectivity index (χ0n) is 13.1. The smallest absolute Gasteiger partial charge is 0.131 e. The van der Waals surface area contributed by atoms with Crippen LogP contribution in [0.1, 0.15) is 24.8 Å². The maximum atomic E-state index is 14.4. The summed E-state index contributed by atoms with van der Waals surface area (Å²) in [5, 5.41) is 0. The van der Waals surface area contributed by atoms with Crippen molar-refractivity contribution in [2.75, 3.05) is 20.3 Å². The van der Waals surface area contributed by atoms with Crippen LogP contribution in [0.25, 0.3) is 0 Å². The Morgan fingerprint density at radius 1 is 1.35 bits per heavy atom. The lowest BCUT2D eigenvalue weighted by molar-refractivity contribution is -0.0777. The normalized spacial score (nSPS) is 36.9. The SMILES string of the molecule is COC[C@@H]1ON[C@@]2(c3ccc(F)cc3F)CO[C@@H](C3CC3)C[C@@H]12.